The van der Waals surface area contributed by atoms with E-state index >= 15 is 0 Å². The van der Waals surface area contributed by atoms with E-state index in [4.69, 9.17) is 4.52 Å². The lowest BCUT2D eigenvalue weighted by molar-refractivity contribution is 0.149. The molecule has 2 amide bonds. The molecule has 154 valence electrons. The molecule has 0 unspecified atom stereocenters. The molecular weight excluding hydrogens is 373 g/mol. The molecule has 2 saturated heterocycles. The molecule has 0 radical (unpaired) electrons. The number of hydrogen-bond acceptors (Lipinski definition) is 5. The third kappa shape index (κ3) is 3.50. The van der Waals surface area contributed by atoms with Gasteiger partial charge < -0.3 is 14.3 Å². The number of likely N-dealkylation sites (tertiary alicyclic amines) is 2. The molecule has 1 aliphatic carbocycles. The summed E-state index contributed by atoms with van der Waals surface area (Å²) in [6.07, 6.45) is 2.30. The van der Waals surface area contributed by atoms with E-state index in [1.54, 1.807) is 31.1 Å². The average molecular weight is 399 g/mol. The zero-order valence-corrected chi connectivity index (χ0v) is 16.8. The van der Waals surface area contributed by atoms with Crippen LogP contribution >= 0.6 is 0 Å². The van der Waals surface area contributed by atoms with E-state index in [0.29, 0.717) is 30.8 Å². The first kappa shape index (κ1) is 18.5. The quantitative estimate of drug-likeness (QED) is 0.791. The minimum absolute atomic E-state index is 0.0220. The Hall–Kier alpha value is -2.48. The molecule has 0 N–H and O–H groups in total. The molecule has 0 bridgehead atoms. The van der Waals surface area contributed by atoms with Crippen molar-refractivity contribution in [1.29, 1.82) is 0 Å². The van der Waals surface area contributed by atoms with Crippen molar-refractivity contribution in [2.24, 2.45) is 11.8 Å². The maximum atomic E-state index is 13.9. The van der Waals surface area contributed by atoms with Gasteiger partial charge in [-0.15, -0.1) is 0 Å². The maximum absolute atomic E-state index is 13.9. The molecule has 29 heavy (non-hydrogen) atoms. The second-order valence-corrected chi connectivity index (χ2v) is 8.77. The van der Waals surface area contributed by atoms with E-state index in [2.05, 4.69) is 15.0 Å². The highest BCUT2D eigenvalue weighted by Crippen LogP contribution is 2.45. The van der Waals surface area contributed by atoms with Gasteiger partial charge in [0.1, 0.15) is 5.82 Å². The topological polar surface area (TPSA) is 65.7 Å². The molecule has 0 spiro atoms. The molecule has 5 rings (SSSR count). The van der Waals surface area contributed by atoms with Gasteiger partial charge in [0.25, 0.3) is 0 Å². The number of rotatable bonds is 4. The Kier molecular flexibility index (Phi) is 4.53. The third-order valence-electron chi connectivity index (χ3n) is 6.34. The molecule has 2 aromatic rings. The summed E-state index contributed by atoms with van der Waals surface area (Å²) < 4.78 is 19.4. The van der Waals surface area contributed by atoms with Crippen LogP contribution in [0.15, 0.2) is 28.8 Å². The number of urea groups is 1. The first-order chi connectivity index (χ1) is 14.0. The normalized spacial score (nSPS) is 26.7. The van der Waals surface area contributed by atoms with Gasteiger partial charge in [0.15, 0.2) is 5.82 Å². The van der Waals surface area contributed by atoms with Gasteiger partial charge in [0.05, 0.1) is 12.6 Å². The minimum Gasteiger partial charge on any atom is -0.338 e. The summed E-state index contributed by atoms with van der Waals surface area (Å²) in [4.78, 5) is 23.2. The van der Waals surface area contributed by atoms with E-state index in [1.165, 1.54) is 6.07 Å². The average Bonchev–Trinajstić information content (AvgIpc) is 3.15. The fourth-order valence-corrected chi connectivity index (χ4v) is 4.87. The molecule has 2 aliphatic heterocycles. The summed E-state index contributed by atoms with van der Waals surface area (Å²) in [5, 5.41) is 4.11. The van der Waals surface area contributed by atoms with Crippen molar-refractivity contribution in [2.75, 3.05) is 33.7 Å². The Morgan fingerprint density at radius 3 is 2.83 bits per heavy atom. The van der Waals surface area contributed by atoms with Gasteiger partial charge in [-0.05, 0) is 36.5 Å². The van der Waals surface area contributed by atoms with Crippen LogP contribution in [0.25, 0.3) is 0 Å². The largest absolute Gasteiger partial charge is 0.338 e. The van der Waals surface area contributed by atoms with Crippen molar-refractivity contribution in [3.63, 3.8) is 0 Å². The number of amides is 2. The highest BCUT2D eigenvalue weighted by atomic mass is 19.1. The van der Waals surface area contributed by atoms with E-state index in [9.17, 15) is 9.18 Å². The lowest BCUT2D eigenvalue weighted by atomic mass is 9.89. The predicted octanol–water partition coefficient (Wildman–Crippen LogP) is 2.87. The second-order valence-electron chi connectivity index (χ2n) is 8.77. The van der Waals surface area contributed by atoms with Gasteiger partial charge in [-0.25, -0.2) is 9.18 Å². The summed E-state index contributed by atoms with van der Waals surface area (Å²) >= 11 is 0. The number of carbonyl (C=O) groups excluding carboxylic acids is 1. The molecule has 3 heterocycles. The molecule has 3 atom stereocenters. The Morgan fingerprint density at radius 2 is 2.10 bits per heavy atom. The maximum Gasteiger partial charge on any atom is 0.320 e. The summed E-state index contributed by atoms with van der Waals surface area (Å²) in [5.74, 6) is 2.31. The van der Waals surface area contributed by atoms with Crippen molar-refractivity contribution in [3.05, 3.63) is 47.4 Å². The Bertz CT molecular complexity index is 912. The number of halogens is 1. The van der Waals surface area contributed by atoms with Crippen LogP contribution in [0.3, 0.4) is 0 Å². The molecule has 8 heteroatoms. The van der Waals surface area contributed by atoms with E-state index in [0.717, 1.165) is 37.3 Å². The first-order valence-corrected chi connectivity index (χ1v) is 10.3. The summed E-state index contributed by atoms with van der Waals surface area (Å²) in [6, 6.07) is 6.51. The third-order valence-corrected chi connectivity index (χ3v) is 6.34. The zero-order valence-electron chi connectivity index (χ0n) is 16.8. The van der Waals surface area contributed by atoms with E-state index < -0.39 is 0 Å². The molecule has 3 aliphatic rings. The lowest BCUT2D eigenvalue weighted by Crippen LogP contribution is -2.41. The van der Waals surface area contributed by atoms with Crippen LogP contribution in [0.1, 0.15) is 42.1 Å². The van der Waals surface area contributed by atoms with Gasteiger partial charge in [-0.2, -0.15) is 4.98 Å². The van der Waals surface area contributed by atoms with E-state index in [-0.39, 0.29) is 23.8 Å². The summed E-state index contributed by atoms with van der Waals surface area (Å²) in [5.41, 5.74) is 0.864. The van der Waals surface area contributed by atoms with Crippen molar-refractivity contribution in [1.82, 2.24) is 24.8 Å². The molecule has 7 nitrogen and oxygen atoms in total. The number of fused-ring (bicyclic) bond motifs is 1. The molecule has 3 fully saturated rings. The van der Waals surface area contributed by atoms with Gasteiger partial charge in [-0.3, -0.25) is 4.90 Å². The van der Waals surface area contributed by atoms with Crippen LogP contribution in [0.2, 0.25) is 0 Å². The SMILES string of the molecule is CN(C)C(=O)N1C[C@H]2CN(Cc3nc(C4CC4)no3)C[C@H]2[C@H]1c1cccc(F)c1. The highest BCUT2D eigenvalue weighted by molar-refractivity contribution is 5.75. The molecular formula is C21H26FN5O2. The predicted molar refractivity (Wildman–Crippen MR) is 103 cm³/mol. The molecule has 1 aromatic heterocycles. The number of nitrogens with zero attached hydrogens (tertiary/aromatic N) is 5. The Morgan fingerprint density at radius 1 is 1.28 bits per heavy atom. The standard InChI is InChI=1S/C21H26FN5O2/c1-25(2)21(28)27-10-15-9-26(12-18-23-20(24-29-18)13-6-7-13)11-17(15)19(27)14-4-3-5-16(22)8-14/h3-5,8,13,15,17,19H,6-7,9-12H2,1-2H3/t15-,17-,19-/m1/s1. The van der Waals surface area contributed by atoms with Gasteiger partial charge >= 0.3 is 6.03 Å². The van der Waals surface area contributed by atoms with Crippen LogP contribution in [-0.2, 0) is 6.54 Å². The summed E-state index contributed by atoms with van der Waals surface area (Å²) in [7, 11) is 3.52. The van der Waals surface area contributed by atoms with Crippen LogP contribution in [0.4, 0.5) is 9.18 Å². The van der Waals surface area contributed by atoms with Gasteiger partial charge in [-0.1, -0.05) is 17.3 Å². The smallest absolute Gasteiger partial charge is 0.320 e. The van der Waals surface area contributed by atoms with Crippen LogP contribution in [0.5, 0.6) is 0 Å². The van der Waals surface area contributed by atoms with Gasteiger partial charge in [0, 0.05) is 45.6 Å². The Labute approximate surface area is 169 Å². The number of aromatic nitrogens is 2. The fourth-order valence-electron chi connectivity index (χ4n) is 4.87. The van der Waals surface area contributed by atoms with Crippen LogP contribution in [-0.4, -0.2) is 64.6 Å². The highest BCUT2D eigenvalue weighted by Gasteiger charge is 2.49. The molecule has 1 saturated carbocycles. The number of benzene rings is 1. The van der Waals surface area contributed by atoms with Crippen LogP contribution < -0.4 is 0 Å². The number of carbonyl (C=O) groups is 1. The Balaban J connectivity index is 1.35. The van der Waals surface area contributed by atoms with Gasteiger partial charge in [0.2, 0.25) is 5.89 Å². The van der Waals surface area contributed by atoms with Crippen molar-refractivity contribution in [3.8, 4) is 0 Å². The summed E-state index contributed by atoms with van der Waals surface area (Å²) in [6.45, 7) is 3.00. The second kappa shape index (κ2) is 7.09. The zero-order chi connectivity index (χ0) is 20.1. The van der Waals surface area contributed by atoms with Crippen molar-refractivity contribution < 1.29 is 13.7 Å². The number of hydrogen-bond donors (Lipinski definition) is 0. The van der Waals surface area contributed by atoms with Crippen molar-refractivity contribution in [2.45, 2.75) is 31.3 Å². The van der Waals surface area contributed by atoms with Crippen molar-refractivity contribution >= 4 is 6.03 Å². The van der Waals surface area contributed by atoms with E-state index in [1.807, 2.05) is 11.0 Å². The lowest BCUT2D eigenvalue weighted by Gasteiger charge is -2.31. The minimum atomic E-state index is -0.267. The molecule has 1 aromatic carbocycles. The van der Waals surface area contributed by atoms with Crippen LogP contribution in [0, 0.1) is 17.7 Å². The first-order valence-electron chi connectivity index (χ1n) is 10.3. The monoisotopic (exact) mass is 399 g/mol. The fraction of sp³-hybridized carbons (Fsp3) is 0.571.